The highest BCUT2D eigenvalue weighted by molar-refractivity contribution is 7.10. The van der Waals surface area contributed by atoms with Crippen molar-refractivity contribution in [1.82, 2.24) is 0 Å². The summed E-state index contributed by atoms with van der Waals surface area (Å²) in [6, 6.07) is 5.85. The molecule has 0 spiro atoms. The largest absolute Gasteiger partial charge is 0.497 e. The molecule has 2 rings (SSSR count). The summed E-state index contributed by atoms with van der Waals surface area (Å²) >= 11 is 1.52. The fraction of sp³-hybridized carbons (Fsp3) is 0.286. The SMILES string of the molecule is COc1ccc(NCc2sccc2C)c(C(F)(F)F)c1. The lowest BCUT2D eigenvalue weighted by atomic mass is 10.1. The summed E-state index contributed by atoms with van der Waals surface area (Å²) in [5.74, 6) is 0.190. The van der Waals surface area contributed by atoms with Crippen LogP contribution in [0, 0.1) is 6.92 Å². The van der Waals surface area contributed by atoms with Gasteiger partial charge in [0, 0.05) is 17.1 Å². The third kappa shape index (κ3) is 3.25. The second-order valence-corrected chi connectivity index (χ2v) is 5.29. The minimum atomic E-state index is -4.42. The first kappa shape index (κ1) is 14.7. The van der Waals surface area contributed by atoms with Gasteiger partial charge in [-0.3, -0.25) is 0 Å². The van der Waals surface area contributed by atoms with E-state index in [4.69, 9.17) is 4.74 Å². The van der Waals surface area contributed by atoms with Crippen LogP contribution in [0.5, 0.6) is 5.75 Å². The van der Waals surface area contributed by atoms with Crippen LogP contribution in [0.3, 0.4) is 0 Å². The van der Waals surface area contributed by atoms with Crippen LogP contribution in [0.25, 0.3) is 0 Å². The number of ether oxygens (including phenoxy) is 1. The molecule has 2 aromatic rings. The van der Waals surface area contributed by atoms with E-state index in [1.54, 1.807) is 0 Å². The van der Waals surface area contributed by atoms with Crippen LogP contribution in [0.1, 0.15) is 16.0 Å². The molecule has 0 aliphatic heterocycles. The summed E-state index contributed by atoms with van der Waals surface area (Å²) in [6.45, 7) is 2.31. The maximum atomic E-state index is 13.0. The maximum Gasteiger partial charge on any atom is 0.418 e. The number of thiophene rings is 1. The number of hydrogen-bond donors (Lipinski definition) is 1. The lowest BCUT2D eigenvalue weighted by Gasteiger charge is -2.15. The average molecular weight is 301 g/mol. The number of alkyl halides is 3. The van der Waals surface area contributed by atoms with Gasteiger partial charge in [0.2, 0.25) is 0 Å². The Kier molecular flexibility index (Phi) is 4.23. The van der Waals surface area contributed by atoms with Gasteiger partial charge in [0.25, 0.3) is 0 Å². The summed E-state index contributed by atoms with van der Waals surface area (Å²) in [4.78, 5) is 1.02. The smallest absolute Gasteiger partial charge is 0.418 e. The lowest BCUT2D eigenvalue weighted by molar-refractivity contribution is -0.137. The molecule has 0 saturated heterocycles. The van der Waals surface area contributed by atoms with Crippen LogP contribution in [-0.2, 0) is 12.7 Å². The van der Waals surface area contributed by atoms with E-state index in [1.807, 2.05) is 18.4 Å². The minimum Gasteiger partial charge on any atom is -0.497 e. The highest BCUT2D eigenvalue weighted by atomic mass is 32.1. The van der Waals surface area contributed by atoms with Gasteiger partial charge in [0.1, 0.15) is 5.75 Å². The Hall–Kier alpha value is -1.69. The van der Waals surface area contributed by atoms with Crippen molar-refractivity contribution in [2.45, 2.75) is 19.6 Å². The molecule has 2 nitrogen and oxygen atoms in total. The monoisotopic (exact) mass is 301 g/mol. The molecule has 0 aliphatic rings. The van der Waals surface area contributed by atoms with Gasteiger partial charge in [0.05, 0.1) is 12.7 Å². The topological polar surface area (TPSA) is 21.3 Å². The number of nitrogens with one attached hydrogen (secondary N) is 1. The zero-order valence-electron chi connectivity index (χ0n) is 11.0. The summed E-state index contributed by atoms with van der Waals surface area (Å²) in [5, 5.41) is 4.77. The van der Waals surface area contributed by atoms with Gasteiger partial charge in [0.15, 0.2) is 0 Å². The predicted molar refractivity (Wildman–Crippen MR) is 74.4 cm³/mol. The number of anilines is 1. The molecule has 0 bridgehead atoms. The van der Waals surface area contributed by atoms with E-state index < -0.39 is 11.7 Å². The van der Waals surface area contributed by atoms with Gasteiger partial charge in [-0.25, -0.2) is 0 Å². The standard InChI is InChI=1S/C14H14F3NOS/c1-9-5-6-20-13(9)8-18-12-4-3-10(19-2)7-11(12)14(15,16)17/h3-7,18H,8H2,1-2H3. The van der Waals surface area contributed by atoms with Crippen molar-refractivity contribution in [1.29, 1.82) is 0 Å². The zero-order valence-corrected chi connectivity index (χ0v) is 11.9. The van der Waals surface area contributed by atoms with E-state index in [0.29, 0.717) is 6.54 Å². The number of methoxy groups -OCH3 is 1. The van der Waals surface area contributed by atoms with Gasteiger partial charge in [-0.1, -0.05) is 0 Å². The minimum absolute atomic E-state index is 0.0612. The van der Waals surface area contributed by atoms with Crippen molar-refractivity contribution in [3.8, 4) is 5.75 Å². The molecule has 108 valence electrons. The lowest BCUT2D eigenvalue weighted by Crippen LogP contribution is -2.11. The number of benzene rings is 1. The third-order valence-electron chi connectivity index (χ3n) is 2.94. The van der Waals surface area contributed by atoms with E-state index in [-0.39, 0.29) is 11.4 Å². The second-order valence-electron chi connectivity index (χ2n) is 4.29. The normalized spacial score (nSPS) is 11.4. The molecule has 0 radical (unpaired) electrons. The molecule has 1 N–H and O–H groups in total. The average Bonchev–Trinajstić information content (AvgIpc) is 2.80. The van der Waals surface area contributed by atoms with Crippen LogP contribution in [0.4, 0.5) is 18.9 Å². The molecule has 1 aromatic heterocycles. The van der Waals surface area contributed by atoms with E-state index >= 15 is 0 Å². The quantitative estimate of drug-likeness (QED) is 0.884. The number of rotatable bonds is 4. The van der Waals surface area contributed by atoms with Crippen LogP contribution in [-0.4, -0.2) is 7.11 Å². The number of halogens is 3. The fourth-order valence-electron chi connectivity index (χ4n) is 1.80. The zero-order chi connectivity index (χ0) is 14.8. The highest BCUT2D eigenvalue weighted by Crippen LogP contribution is 2.37. The molecule has 0 saturated carbocycles. The highest BCUT2D eigenvalue weighted by Gasteiger charge is 2.34. The summed E-state index contributed by atoms with van der Waals surface area (Å²) in [7, 11) is 1.34. The van der Waals surface area contributed by atoms with Crippen molar-refractivity contribution >= 4 is 17.0 Å². The van der Waals surface area contributed by atoms with Gasteiger partial charge in [-0.15, -0.1) is 11.3 Å². The molecule has 20 heavy (non-hydrogen) atoms. The Morgan fingerprint density at radius 3 is 2.55 bits per heavy atom. The molecule has 0 amide bonds. The predicted octanol–water partition coefficient (Wildman–Crippen LogP) is 4.70. The molecule has 0 fully saturated rings. The molecule has 0 unspecified atom stereocenters. The Morgan fingerprint density at radius 1 is 1.25 bits per heavy atom. The fourth-order valence-corrected chi connectivity index (χ4v) is 2.65. The third-order valence-corrected chi connectivity index (χ3v) is 3.96. The van der Waals surface area contributed by atoms with Gasteiger partial charge < -0.3 is 10.1 Å². The molecule has 1 heterocycles. The van der Waals surface area contributed by atoms with Crippen LogP contribution in [0.2, 0.25) is 0 Å². The second kappa shape index (κ2) is 5.75. The molecular weight excluding hydrogens is 287 g/mol. The summed E-state index contributed by atoms with van der Waals surface area (Å²) in [5.41, 5.74) is 0.418. The van der Waals surface area contributed by atoms with E-state index in [1.165, 1.54) is 30.6 Å². The maximum absolute atomic E-state index is 13.0. The van der Waals surface area contributed by atoms with Gasteiger partial charge >= 0.3 is 6.18 Å². The van der Waals surface area contributed by atoms with Crippen molar-refractivity contribution in [3.63, 3.8) is 0 Å². The molecule has 0 atom stereocenters. The molecular formula is C14H14F3NOS. The summed E-state index contributed by atoms with van der Waals surface area (Å²) in [6.07, 6.45) is -4.42. The number of aryl methyl sites for hydroxylation is 1. The van der Waals surface area contributed by atoms with Crippen LogP contribution in [0.15, 0.2) is 29.6 Å². The van der Waals surface area contributed by atoms with Gasteiger partial charge in [-0.05, 0) is 42.1 Å². The first-order valence-electron chi connectivity index (χ1n) is 5.94. The Morgan fingerprint density at radius 2 is 2.00 bits per heavy atom. The Bertz CT molecular complexity index is 592. The van der Waals surface area contributed by atoms with E-state index in [9.17, 15) is 13.2 Å². The van der Waals surface area contributed by atoms with Crippen molar-refractivity contribution < 1.29 is 17.9 Å². The molecule has 1 aromatic carbocycles. The van der Waals surface area contributed by atoms with Crippen LogP contribution < -0.4 is 10.1 Å². The van der Waals surface area contributed by atoms with Gasteiger partial charge in [-0.2, -0.15) is 13.2 Å². The Labute approximate surface area is 119 Å². The first-order chi connectivity index (χ1) is 9.41. The van der Waals surface area contributed by atoms with Crippen molar-refractivity contribution in [2.75, 3.05) is 12.4 Å². The number of hydrogen-bond acceptors (Lipinski definition) is 3. The van der Waals surface area contributed by atoms with Crippen molar-refractivity contribution in [3.05, 3.63) is 45.6 Å². The summed E-state index contributed by atoms with van der Waals surface area (Å²) < 4.78 is 43.9. The molecule has 6 heteroatoms. The van der Waals surface area contributed by atoms with E-state index in [0.717, 1.165) is 16.5 Å². The first-order valence-corrected chi connectivity index (χ1v) is 6.82. The van der Waals surface area contributed by atoms with Crippen molar-refractivity contribution in [2.24, 2.45) is 0 Å². The molecule has 0 aliphatic carbocycles. The van der Waals surface area contributed by atoms with E-state index in [2.05, 4.69) is 5.32 Å². The van der Waals surface area contributed by atoms with Crippen LogP contribution >= 0.6 is 11.3 Å². The Balaban J connectivity index is 2.25.